The highest BCUT2D eigenvalue weighted by atomic mass is 16.1. The second-order valence-electron chi connectivity index (χ2n) is 7.78. The van der Waals surface area contributed by atoms with Crippen LogP contribution in [0.2, 0.25) is 0 Å². The maximum absolute atomic E-state index is 11.7. The van der Waals surface area contributed by atoms with Crippen molar-refractivity contribution in [3.8, 4) is 11.3 Å². The lowest BCUT2D eigenvalue weighted by molar-refractivity contribution is -0.117. The SMILES string of the molecule is Cc1ncc(-c2ccc3cnc(NCC4(C=O)CCCCC4)cc3c2)n1C. The monoisotopic (exact) mass is 362 g/mol. The normalized spacial score (nSPS) is 16.4. The second-order valence-corrected chi connectivity index (χ2v) is 7.78. The number of nitrogens with one attached hydrogen (secondary N) is 1. The fraction of sp³-hybridized carbons (Fsp3) is 0.409. The molecule has 5 heteroatoms. The van der Waals surface area contributed by atoms with E-state index in [-0.39, 0.29) is 5.41 Å². The number of fused-ring (bicyclic) bond motifs is 1. The molecule has 5 nitrogen and oxygen atoms in total. The van der Waals surface area contributed by atoms with E-state index in [0.29, 0.717) is 6.54 Å². The van der Waals surface area contributed by atoms with Crippen LogP contribution in [-0.4, -0.2) is 27.4 Å². The number of pyridine rings is 1. The van der Waals surface area contributed by atoms with Crippen LogP contribution in [0.15, 0.2) is 36.7 Å². The zero-order valence-corrected chi connectivity index (χ0v) is 16.0. The summed E-state index contributed by atoms with van der Waals surface area (Å²) in [4.78, 5) is 20.6. The maximum Gasteiger partial charge on any atom is 0.127 e. The van der Waals surface area contributed by atoms with Crippen molar-refractivity contribution in [2.75, 3.05) is 11.9 Å². The minimum Gasteiger partial charge on any atom is -0.369 e. The van der Waals surface area contributed by atoms with Crippen molar-refractivity contribution >= 4 is 22.9 Å². The number of carbonyl (C=O) groups is 1. The molecule has 1 saturated carbocycles. The fourth-order valence-electron chi connectivity index (χ4n) is 4.03. The molecule has 1 N–H and O–H groups in total. The molecule has 0 bridgehead atoms. The van der Waals surface area contributed by atoms with Crippen LogP contribution in [-0.2, 0) is 11.8 Å². The van der Waals surface area contributed by atoms with Crippen molar-refractivity contribution in [3.05, 3.63) is 42.5 Å². The molecule has 1 aliphatic carbocycles. The largest absolute Gasteiger partial charge is 0.369 e. The molecule has 0 unspecified atom stereocenters. The summed E-state index contributed by atoms with van der Waals surface area (Å²) >= 11 is 0. The van der Waals surface area contributed by atoms with Crippen molar-refractivity contribution in [1.82, 2.24) is 14.5 Å². The van der Waals surface area contributed by atoms with Gasteiger partial charge in [0, 0.05) is 36.2 Å². The number of imidazole rings is 1. The van der Waals surface area contributed by atoms with Crippen molar-refractivity contribution in [2.24, 2.45) is 12.5 Å². The number of aromatic nitrogens is 3. The molecule has 0 atom stereocenters. The van der Waals surface area contributed by atoms with Gasteiger partial charge in [-0.1, -0.05) is 31.4 Å². The Morgan fingerprint density at radius 3 is 2.63 bits per heavy atom. The van der Waals surface area contributed by atoms with Gasteiger partial charge < -0.3 is 14.7 Å². The lowest BCUT2D eigenvalue weighted by Gasteiger charge is -2.32. The van der Waals surface area contributed by atoms with Crippen molar-refractivity contribution in [3.63, 3.8) is 0 Å². The van der Waals surface area contributed by atoms with Crippen LogP contribution in [0.4, 0.5) is 5.82 Å². The number of anilines is 1. The molecule has 0 aliphatic heterocycles. The molecule has 0 amide bonds. The first kappa shape index (κ1) is 17.7. The predicted octanol–water partition coefficient (Wildman–Crippen LogP) is 4.51. The molecule has 0 spiro atoms. The molecule has 140 valence electrons. The number of aldehydes is 1. The topological polar surface area (TPSA) is 59.8 Å². The Bertz CT molecular complexity index is 970. The Kier molecular flexibility index (Phi) is 4.68. The highest BCUT2D eigenvalue weighted by Crippen LogP contribution is 2.34. The first-order valence-electron chi connectivity index (χ1n) is 9.69. The molecule has 3 aromatic rings. The van der Waals surface area contributed by atoms with E-state index in [0.717, 1.165) is 65.6 Å². The summed E-state index contributed by atoms with van der Waals surface area (Å²) in [7, 11) is 2.03. The van der Waals surface area contributed by atoms with Gasteiger partial charge in [-0.2, -0.15) is 0 Å². The molecule has 27 heavy (non-hydrogen) atoms. The number of rotatable bonds is 5. The quantitative estimate of drug-likeness (QED) is 0.679. The molecule has 1 aromatic carbocycles. The molecule has 2 aromatic heterocycles. The van der Waals surface area contributed by atoms with Gasteiger partial charge in [0.1, 0.15) is 17.9 Å². The average Bonchev–Trinajstić information content (AvgIpc) is 3.05. The summed E-state index contributed by atoms with van der Waals surface area (Å²) in [6.07, 6.45) is 10.4. The van der Waals surface area contributed by atoms with Gasteiger partial charge in [-0.15, -0.1) is 0 Å². The Balaban J connectivity index is 1.59. The van der Waals surface area contributed by atoms with Gasteiger partial charge in [0.2, 0.25) is 0 Å². The van der Waals surface area contributed by atoms with Gasteiger partial charge in [0.25, 0.3) is 0 Å². The number of hydrogen-bond acceptors (Lipinski definition) is 4. The van der Waals surface area contributed by atoms with Crippen LogP contribution in [0.1, 0.15) is 37.9 Å². The van der Waals surface area contributed by atoms with Crippen LogP contribution >= 0.6 is 0 Å². The summed E-state index contributed by atoms with van der Waals surface area (Å²) in [6, 6.07) is 8.45. The summed E-state index contributed by atoms with van der Waals surface area (Å²) < 4.78 is 2.10. The Labute approximate surface area is 159 Å². The Morgan fingerprint density at radius 1 is 1.11 bits per heavy atom. The highest BCUT2D eigenvalue weighted by Gasteiger charge is 2.31. The van der Waals surface area contributed by atoms with Gasteiger partial charge in [-0.05, 0) is 37.3 Å². The first-order valence-corrected chi connectivity index (χ1v) is 9.69. The van der Waals surface area contributed by atoms with Gasteiger partial charge in [0.15, 0.2) is 0 Å². The van der Waals surface area contributed by atoms with E-state index in [4.69, 9.17) is 0 Å². The first-order chi connectivity index (χ1) is 13.1. The van der Waals surface area contributed by atoms with E-state index >= 15 is 0 Å². The van der Waals surface area contributed by atoms with Crippen LogP contribution in [0, 0.1) is 12.3 Å². The van der Waals surface area contributed by atoms with E-state index in [1.807, 2.05) is 26.4 Å². The zero-order chi connectivity index (χ0) is 18.9. The van der Waals surface area contributed by atoms with E-state index < -0.39 is 0 Å². The molecule has 2 heterocycles. The van der Waals surface area contributed by atoms with Gasteiger partial charge in [0.05, 0.1) is 11.9 Å². The Hall–Kier alpha value is -2.69. The summed E-state index contributed by atoms with van der Waals surface area (Å²) in [6.45, 7) is 2.67. The number of hydrogen-bond donors (Lipinski definition) is 1. The summed E-state index contributed by atoms with van der Waals surface area (Å²) in [5.74, 6) is 1.82. The third-order valence-electron chi connectivity index (χ3n) is 5.96. The highest BCUT2D eigenvalue weighted by molar-refractivity contribution is 5.88. The zero-order valence-electron chi connectivity index (χ0n) is 16.0. The molecule has 4 rings (SSSR count). The molecule has 0 radical (unpaired) electrons. The number of nitrogens with zero attached hydrogens (tertiary/aromatic N) is 3. The van der Waals surface area contributed by atoms with E-state index in [1.54, 1.807) is 0 Å². The van der Waals surface area contributed by atoms with Crippen molar-refractivity contribution < 1.29 is 4.79 Å². The minimum absolute atomic E-state index is 0.233. The average molecular weight is 362 g/mol. The molecular weight excluding hydrogens is 336 g/mol. The standard InChI is InChI=1S/C22H26N4O/c1-16-23-13-20(26(16)2)17-6-7-18-12-24-21(11-19(18)10-17)25-14-22(15-27)8-4-3-5-9-22/h6-7,10-13,15H,3-5,8-9,14H2,1-2H3,(H,24,25). The maximum atomic E-state index is 11.7. The second kappa shape index (κ2) is 7.14. The number of aryl methyl sites for hydroxylation is 1. The van der Waals surface area contributed by atoms with Gasteiger partial charge in [-0.25, -0.2) is 9.97 Å². The minimum atomic E-state index is -0.233. The summed E-state index contributed by atoms with van der Waals surface area (Å²) in [5.41, 5.74) is 2.01. The van der Waals surface area contributed by atoms with E-state index in [2.05, 4.69) is 44.1 Å². The van der Waals surface area contributed by atoms with Crippen LogP contribution in [0.25, 0.3) is 22.0 Å². The summed E-state index contributed by atoms with van der Waals surface area (Å²) in [5, 5.41) is 5.65. The third kappa shape index (κ3) is 3.46. The van der Waals surface area contributed by atoms with Gasteiger partial charge in [-0.3, -0.25) is 0 Å². The number of carbonyl (C=O) groups excluding carboxylic acids is 1. The lowest BCUT2D eigenvalue weighted by atomic mass is 9.75. The molecular formula is C22H26N4O. The van der Waals surface area contributed by atoms with E-state index in [9.17, 15) is 4.79 Å². The molecule has 1 aliphatic rings. The molecule has 1 fully saturated rings. The predicted molar refractivity (Wildman–Crippen MR) is 109 cm³/mol. The smallest absolute Gasteiger partial charge is 0.127 e. The van der Waals surface area contributed by atoms with Gasteiger partial charge >= 0.3 is 0 Å². The Morgan fingerprint density at radius 2 is 1.93 bits per heavy atom. The fourth-order valence-corrected chi connectivity index (χ4v) is 4.03. The van der Waals surface area contributed by atoms with Crippen molar-refractivity contribution in [1.29, 1.82) is 0 Å². The third-order valence-corrected chi connectivity index (χ3v) is 5.96. The van der Waals surface area contributed by atoms with Crippen molar-refractivity contribution in [2.45, 2.75) is 39.0 Å². The van der Waals surface area contributed by atoms with Crippen LogP contribution in [0.3, 0.4) is 0 Å². The van der Waals surface area contributed by atoms with Crippen LogP contribution in [0.5, 0.6) is 0 Å². The lowest BCUT2D eigenvalue weighted by Crippen LogP contribution is -2.33. The van der Waals surface area contributed by atoms with Crippen LogP contribution < -0.4 is 5.32 Å². The number of benzene rings is 1. The molecule has 0 saturated heterocycles. The van der Waals surface area contributed by atoms with E-state index in [1.165, 1.54) is 6.42 Å².